The highest BCUT2D eigenvalue weighted by Crippen LogP contribution is 2.65. The molecule has 0 aromatic heterocycles. The number of rotatable bonds is 15. The Morgan fingerprint density at radius 2 is 1.11 bits per heavy atom. The minimum Gasteiger partial charge on any atom is -0.277 e. The van der Waals surface area contributed by atoms with Crippen LogP contribution in [-0.2, 0) is 0 Å². The van der Waals surface area contributed by atoms with Crippen LogP contribution in [0.4, 0.5) is 0 Å². The summed E-state index contributed by atoms with van der Waals surface area (Å²) in [5, 5.41) is 9.30. The zero-order valence-electron chi connectivity index (χ0n) is 33.2. The molecule has 3 fully saturated rings. The Labute approximate surface area is 291 Å². The molecule has 278 valence electrons. The largest absolute Gasteiger partial charge is 0.277 e. The molecule has 0 saturated carbocycles. The van der Waals surface area contributed by atoms with E-state index in [1.807, 2.05) is 28.2 Å². The lowest BCUT2D eigenvalue weighted by molar-refractivity contribution is 0.337. The van der Waals surface area contributed by atoms with E-state index in [-0.39, 0.29) is 11.1 Å². The fourth-order valence-corrected chi connectivity index (χ4v) is 18.7. The van der Waals surface area contributed by atoms with Gasteiger partial charge in [0, 0.05) is 52.4 Å². The van der Waals surface area contributed by atoms with Gasteiger partial charge in [-0.1, -0.05) is 0 Å². The minimum absolute atomic E-state index is 0.0659. The predicted molar refractivity (Wildman–Crippen MR) is 208 cm³/mol. The highest BCUT2D eigenvalue weighted by atomic mass is 31.2. The Morgan fingerprint density at radius 3 is 1.51 bits per heavy atom. The topological polar surface area (TPSA) is 77.7 Å². The van der Waals surface area contributed by atoms with Crippen LogP contribution < -0.4 is 0 Å². The molecule has 1 N–H and O–H groups in total. The van der Waals surface area contributed by atoms with Crippen molar-refractivity contribution in [2.75, 3.05) is 123 Å². The minimum atomic E-state index is -2.30. The molecule has 15 heteroatoms. The van der Waals surface area contributed by atoms with Crippen LogP contribution >= 0.6 is 22.5 Å². The Kier molecular flexibility index (Phi) is 14.5. The lowest BCUT2D eigenvalue weighted by Gasteiger charge is -2.48. The van der Waals surface area contributed by atoms with E-state index in [4.69, 9.17) is 9.49 Å². The molecule has 0 aromatic carbocycles. The summed E-state index contributed by atoms with van der Waals surface area (Å²) in [6, 6.07) is 0. The Balaban J connectivity index is 1.91. The van der Waals surface area contributed by atoms with Crippen molar-refractivity contribution in [2.45, 2.75) is 84.2 Å². The van der Waals surface area contributed by atoms with Crippen LogP contribution in [0.5, 0.6) is 0 Å². The molecule has 3 aliphatic heterocycles. The van der Waals surface area contributed by atoms with Crippen molar-refractivity contribution in [3.8, 4) is 0 Å². The monoisotopic (exact) mass is 721 g/mol. The van der Waals surface area contributed by atoms with E-state index >= 15 is 0 Å². The summed E-state index contributed by atoms with van der Waals surface area (Å²) in [5.41, 5.74) is -0.322. The van der Waals surface area contributed by atoms with Gasteiger partial charge in [0.05, 0.1) is 11.1 Å². The molecule has 3 heterocycles. The van der Waals surface area contributed by atoms with Crippen LogP contribution in [0.1, 0.15) is 73.1 Å². The fourth-order valence-electron chi connectivity index (χ4n) is 7.93. The van der Waals surface area contributed by atoms with E-state index in [2.05, 4.69) is 119 Å². The van der Waals surface area contributed by atoms with Gasteiger partial charge in [0.15, 0.2) is 22.5 Å². The first-order valence-corrected chi connectivity index (χ1v) is 22.8. The van der Waals surface area contributed by atoms with Crippen molar-refractivity contribution < 1.29 is 0 Å². The maximum absolute atomic E-state index is 9.30. The Bertz CT molecular complexity index is 1120. The SMILES string of the molecule is CN(C)P(=N)(N(C)C)N(C)CCC(C)(C)N=P(N(C)C)(N(C)C)N(C)CC1CCN(P(=NC(C)(C)C)(N2CCCC2)N2CCCC2)C1. The summed E-state index contributed by atoms with van der Waals surface area (Å²) in [5.74, 6) is 0.581. The van der Waals surface area contributed by atoms with Gasteiger partial charge in [0.1, 0.15) is 0 Å². The van der Waals surface area contributed by atoms with Crippen LogP contribution in [0.25, 0.3) is 0 Å². The zero-order chi connectivity index (χ0) is 35.6. The van der Waals surface area contributed by atoms with Gasteiger partial charge in [-0.3, -0.25) is 33.3 Å². The summed E-state index contributed by atoms with van der Waals surface area (Å²) in [6.45, 7) is 20.4. The third-order valence-corrected chi connectivity index (χ3v) is 21.8. The highest BCUT2D eigenvalue weighted by molar-refractivity contribution is 7.59. The van der Waals surface area contributed by atoms with Gasteiger partial charge in [-0.25, -0.2) is 23.4 Å². The molecule has 0 spiro atoms. The molecule has 1 atom stereocenters. The van der Waals surface area contributed by atoms with Crippen LogP contribution in [0, 0.1) is 11.1 Å². The van der Waals surface area contributed by atoms with Crippen molar-refractivity contribution >= 4 is 22.5 Å². The summed E-state index contributed by atoms with van der Waals surface area (Å²) >= 11 is 0. The molecule has 3 saturated heterocycles. The predicted octanol–water partition coefficient (Wildman–Crippen LogP) is 6.99. The molecule has 0 aromatic rings. The molecule has 3 rings (SSSR count). The van der Waals surface area contributed by atoms with Gasteiger partial charge in [0.2, 0.25) is 0 Å². The first kappa shape index (κ1) is 41.7. The second kappa shape index (κ2) is 16.3. The lowest BCUT2D eigenvalue weighted by atomic mass is 10.0. The summed E-state index contributed by atoms with van der Waals surface area (Å²) in [6.07, 6.45) is 7.32. The van der Waals surface area contributed by atoms with Crippen molar-refractivity contribution in [3.05, 3.63) is 0 Å². The van der Waals surface area contributed by atoms with Crippen LogP contribution in [0.2, 0.25) is 0 Å². The maximum Gasteiger partial charge on any atom is 0.168 e. The summed E-state index contributed by atoms with van der Waals surface area (Å²) in [7, 11) is 15.0. The van der Waals surface area contributed by atoms with Crippen molar-refractivity contribution in [2.24, 2.45) is 15.4 Å². The van der Waals surface area contributed by atoms with Gasteiger partial charge < -0.3 is 0 Å². The van der Waals surface area contributed by atoms with Gasteiger partial charge >= 0.3 is 0 Å². The van der Waals surface area contributed by atoms with E-state index < -0.39 is 22.5 Å². The molecule has 0 radical (unpaired) electrons. The molecule has 47 heavy (non-hydrogen) atoms. The Hall–Kier alpha value is 0.330. The van der Waals surface area contributed by atoms with E-state index in [1.54, 1.807) is 0 Å². The second-order valence-electron chi connectivity index (χ2n) is 16.6. The summed E-state index contributed by atoms with van der Waals surface area (Å²) in [4.78, 5) is 0. The quantitative estimate of drug-likeness (QED) is 0.180. The first-order valence-electron chi connectivity index (χ1n) is 18.0. The average Bonchev–Trinajstić information content (AvgIpc) is 3.75. The van der Waals surface area contributed by atoms with Crippen molar-refractivity contribution in [3.63, 3.8) is 0 Å². The van der Waals surface area contributed by atoms with Gasteiger partial charge in [-0.15, -0.1) is 0 Å². The second-order valence-corrected chi connectivity index (χ2v) is 26.5. The van der Waals surface area contributed by atoms with Crippen LogP contribution in [0.15, 0.2) is 9.49 Å². The van der Waals surface area contributed by atoms with Crippen LogP contribution in [-0.4, -0.2) is 176 Å². The molecule has 1 unspecified atom stereocenters. The van der Waals surface area contributed by atoms with E-state index in [9.17, 15) is 5.16 Å². The van der Waals surface area contributed by atoms with Gasteiger partial charge in [0.25, 0.3) is 0 Å². The maximum atomic E-state index is 9.30. The Morgan fingerprint density at radius 1 is 0.638 bits per heavy atom. The van der Waals surface area contributed by atoms with Gasteiger partial charge in [-0.05, 0) is 150 Å². The number of nitrogens with one attached hydrogen (secondary N) is 1. The lowest BCUT2D eigenvalue weighted by Crippen LogP contribution is -2.41. The number of nitrogens with zero attached hydrogens (tertiary/aromatic N) is 11. The first-order chi connectivity index (χ1) is 21.6. The van der Waals surface area contributed by atoms with E-state index in [0.717, 1.165) is 32.6 Å². The molecular formula is C32H75N12P3. The highest BCUT2D eigenvalue weighted by Gasteiger charge is 2.47. The van der Waals surface area contributed by atoms with Crippen molar-refractivity contribution in [1.82, 2.24) is 42.0 Å². The van der Waals surface area contributed by atoms with E-state index in [1.165, 1.54) is 58.3 Å². The smallest absolute Gasteiger partial charge is 0.168 e. The van der Waals surface area contributed by atoms with E-state index in [0.29, 0.717) is 5.92 Å². The molecule has 0 bridgehead atoms. The third-order valence-electron chi connectivity index (χ3n) is 10.1. The van der Waals surface area contributed by atoms with Crippen molar-refractivity contribution in [1.29, 1.82) is 5.16 Å². The molecular weight excluding hydrogens is 645 g/mol. The molecule has 0 amide bonds. The average molecular weight is 721 g/mol. The standard InChI is InChI=1S/C32H75N12P3/c1-31(2,3)34-47(42-22-16-17-23-42,43-24-18-19-25-43)44-26-20-30(29-44)28-41(15)46(38(10)11,39(12)13)35-32(4,5)21-27-40(14)45(33,36(6)7)37(8)9/h30,33H,16-29H2,1-15H3. The van der Waals surface area contributed by atoms with Gasteiger partial charge in [-0.2, -0.15) is 0 Å². The summed E-state index contributed by atoms with van der Waals surface area (Å²) < 4.78 is 34.0. The molecule has 3 aliphatic rings. The fraction of sp³-hybridized carbons (Fsp3) is 1.00. The normalized spacial score (nSPS) is 22.0. The zero-order valence-corrected chi connectivity index (χ0v) is 35.9. The molecule has 0 aliphatic carbocycles. The van der Waals surface area contributed by atoms with Crippen LogP contribution in [0.3, 0.4) is 0 Å². The number of hydrogen-bond acceptors (Lipinski definition) is 3. The molecule has 12 nitrogen and oxygen atoms in total. The third kappa shape index (κ3) is 9.23. The number of hydrogen-bond donors (Lipinski definition) is 1.